The number of carboxylic acids is 1. The van der Waals surface area contributed by atoms with Crippen LogP contribution in [0.4, 0.5) is 0 Å². The zero-order valence-electron chi connectivity index (χ0n) is 9.57. The van der Waals surface area contributed by atoms with Crippen molar-refractivity contribution in [2.24, 2.45) is 11.5 Å². The fourth-order valence-electron chi connectivity index (χ4n) is 0.926. The second-order valence-corrected chi connectivity index (χ2v) is 3.44. The average Bonchev–Trinajstić information content (AvgIpc) is 2.38. The summed E-state index contributed by atoms with van der Waals surface area (Å²) in [6.45, 7) is 0.145. The predicted molar refractivity (Wildman–Crippen MR) is 64.1 cm³/mol. The molecule has 0 radical (unpaired) electrons. The second-order valence-electron chi connectivity index (χ2n) is 3.44. The highest BCUT2D eigenvalue weighted by Gasteiger charge is 2.12. The van der Waals surface area contributed by atoms with Crippen molar-refractivity contribution < 1.29 is 15.0 Å². The van der Waals surface area contributed by atoms with Gasteiger partial charge in [0, 0.05) is 18.9 Å². The molecule has 0 aromatic carbocycles. The summed E-state index contributed by atoms with van der Waals surface area (Å²) in [7, 11) is 0. The molecule has 6 N–H and O–H groups in total. The molecule has 0 saturated carbocycles. The first-order chi connectivity index (χ1) is 8.07. The molecule has 0 aliphatic heterocycles. The number of carbonyl (C=O) groups is 1. The van der Waals surface area contributed by atoms with Gasteiger partial charge in [0.05, 0.1) is 6.10 Å². The maximum Gasteiger partial charge on any atom is 0.320 e. The molecule has 17 heavy (non-hydrogen) atoms. The molecule has 2 atom stereocenters. The van der Waals surface area contributed by atoms with Crippen LogP contribution >= 0.6 is 0 Å². The molecule has 0 aliphatic carbocycles. The van der Waals surface area contributed by atoms with E-state index >= 15 is 0 Å². The maximum atomic E-state index is 10.2. The highest BCUT2D eigenvalue weighted by molar-refractivity contribution is 5.72. The van der Waals surface area contributed by atoms with Crippen molar-refractivity contribution >= 4 is 5.97 Å². The van der Waals surface area contributed by atoms with Gasteiger partial charge in [0.15, 0.2) is 0 Å². The highest BCUT2D eigenvalue weighted by atomic mass is 16.4. The van der Waals surface area contributed by atoms with Crippen LogP contribution in [-0.4, -0.2) is 39.9 Å². The Labute approximate surface area is 100 Å². The summed E-state index contributed by atoms with van der Waals surface area (Å²) in [5.74, 6) is -1.05. The number of aliphatic carboxylic acids is 1. The van der Waals surface area contributed by atoms with Crippen LogP contribution in [0.3, 0.4) is 0 Å². The van der Waals surface area contributed by atoms with Gasteiger partial charge in [-0.15, -0.1) is 0 Å². The van der Waals surface area contributed by atoms with E-state index in [1.165, 1.54) is 0 Å². The maximum absolute atomic E-state index is 10.2. The minimum atomic E-state index is -1.05. The molecule has 1 rings (SSSR count). The van der Waals surface area contributed by atoms with Gasteiger partial charge in [0.2, 0.25) is 0 Å². The van der Waals surface area contributed by atoms with E-state index in [2.05, 4.69) is 4.98 Å². The zero-order chi connectivity index (χ0) is 13.1. The van der Waals surface area contributed by atoms with Gasteiger partial charge in [-0.1, -0.05) is 6.07 Å². The molecular formula is C11H19N3O3. The predicted octanol–water partition coefficient (Wildman–Crippen LogP) is -0.420. The van der Waals surface area contributed by atoms with Gasteiger partial charge >= 0.3 is 5.97 Å². The van der Waals surface area contributed by atoms with Crippen LogP contribution in [0.2, 0.25) is 0 Å². The van der Waals surface area contributed by atoms with Gasteiger partial charge < -0.3 is 21.7 Å². The van der Waals surface area contributed by atoms with E-state index in [0.29, 0.717) is 6.42 Å². The van der Waals surface area contributed by atoms with Crippen molar-refractivity contribution in [3.8, 4) is 0 Å². The number of nitrogens with two attached hydrogens (primary N) is 2. The van der Waals surface area contributed by atoms with Crippen molar-refractivity contribution in [3.63, 3.8) is 0 Å². The Hall–Kier alpha value is -1.50. The molecule has 2 unspecified atom stereocenters. The van der Waals surface area contributed by atoms with Gasteiger partial charge in [-0.05, 0) is 25.0 Å². The standard InChI is InChI=1S/C6H14N2O3.C5H5N/c7-3-4(9)1-2-5(8)6(10)11;1-2-4-6-5-3-1/h4-5,9H,1-3,7-8H2,(H,10,11);1-5H. The Morgan fingerprint density at radius 2 is 1.82 bits per heavy atom. The molecule has 0 amide bonds. The Balaban J connectivity index is 0.000000354. The number of aromatic nitrogens is 1. The van der Waals surface area contributed by atoms with Gasteiger partial charge in [-0.3, -0.25) is 9.78 Å². The van der Waals surface area contributed by atoms with Gasteiger partial charge in [0.25, 0.3) is 0 Å². The van der Waals surface area contributed by atoms with Crippen LogP contribution in [0, 0.1) is 0 Å². The summed E-state index contributed by atoms with van der Waals surface area (Å²) in [5, 5.41) is 17.2. The molecule has 1 aromatic heterocycles. The van der Waals surface area contributed by atoms with Crippen molar-refractivity contribution in [3.05, 3.63) is 30.6 Å². The molecular weight excluding hydrogens is 222 g/mol. The summed E-state index contributed by atoms with van der Waals surface area (Å²) in [6.07, 6.45) is 3.46. The minimum absolute atomic E-state index is 0.145. The van der Waals surface area contributed by atoms with Crippen molar-refractivity contribution in [1.29, 1.82) is 0 Å². The fourth-order valence-corrected chi connectivity index (χ4v) is 0.926. The molecule has 6 heteroatoms. The molecule has 0 spiro atoms. The first-order valence-electron chi connectivity index (χ1n) is 5.29. The normalized spacial score (nSPS) is 13.1. The number of aliphatic hydroxyl groups is 1. The lowest BCUT2D eigenvalue weighted by Gasteiger charge is -2.09. The molecule has 0 aliphatic rings. The van der Waals surface area contributed by atoms with E-state index in [-0.39, 0.29) is 13.0 Å². The average molecular weight is 241 g/mol. The third kappa shape index (κ3) is 9.43. The fraction of sp³-hybridized carbons (Fsp3) is 0.455. The molecule has 1 heterocycles. The Morgan fingerprint density at radius 3 is 2.12 bits per heavy atom. The van der Waals surface area contributed by atoms with E-state index in [1.807, 2.05) is 18.2 Å². The molecule has 0 saturated heterocycles. The lowest BCUT2D eigenvalue weighted by molar-refractivity contribution is -0.138. The van der Waals surface area contributed by atoms with E-state index in [4.69, 9.17) is 21.7 Å². The first kappa shape index (κ1) is 15.5. The summed E-state index contributed by atoms with van der Waals surface area (Å²) in [6, 6.07) is 4.82. The van der Waals surface area contributed by atoms with Crippen molar-refractivity contribution in [2.75, 3.05) is 6.54 Å². The van der Waals surface area contributed by atoms with E-state index in [9.17, 15) is 4.79 Å². The lowest BCUT2D eigenvalue weighted by atomic mass is 10.1. The third-order valence-electron chi connectivity index (χ3n) is 1.97. The van der Waals surface area contributed by atoms with Gasteiger partial charge in [-0.2, -0.15) is 0 Å². The van der Waals surface area contributed by atoms with E-state index in [1.54, 1.807) is 12.4 Å². The summed E-state index contributed by atoms with van der Waals surface area (Å²) < 4.78 is 0. The quantitative estimate of drug-likeness (QED) is 0.555. The molecule has 1 aromatic rings. The molecule has 96 valence electrons. The number of hydrogen-bond donors (Lipinski definition) is 4. The number of pyridine rings is 1. The molecule has 6 nitrogen and oxygen atoms in total. The van der Waals surface area contributed by atoms with Crippen molar-refractivity contribution in [2.45, 2.75) is 25.0 Å². The highest BCUT2D eigenvalue weighted by Crippen LogP contribution is 1.98. The number of rotatable bonds is 5. The largest absolute Gasteiger partial charge is 0.480 e. The first-order valence-corrected chi connectivity index (χ1v) is 5.29. The molecule has 0 bridgehead atoms. The Morgan fingerprint density at radius 1 is 1.24 bits per heavy atom. The Bertz CT molecular complexity index is 269. The van der Waals surface area contributed by atoms with Crippen LogP contribution in [0.25, 0.3) is 0 Å². The lowest BCUT2D eigenvalue weighted by Crippen LogP contribution is -2.32. The summed E-state index contributed by atoms with van der Waals surface area (Å²) >= 11 is 0. The van der Waals surface area contributed by atoms with E-state index in [0.717, 1.165) is 0 Å². The van der Waals surface area contributed by atoms with Gasteiger partial charge in [0.1, 0.15) is 6.04 Å². The molecule has 0 fully saturated rings. The van der Waals surface area contributed by atoms with Crippen LogP contribution < -0.4 is 11.5 Å². The zero-order valence-corrected chi connectivity index (χ0v) is 9.57. The topological polar surface area (TPSA) is 122 Å². The smallest absolute Gasteiger partial charge is 0.320 e. The number of aliphatic hydroxyl groups excluding tert-OH is 1. The number of nitrogens with zero attached hydrogens (tertiary/aromatic N) is 1. The third-order valence-corrected chi connectivity index (χ3v) is 1.97. The van der Waals surface area contributed by atoms with E-state index < -0.39 is 18.1 Å². The van der Waals surface area contributed by atoms with Crippen LogP contribution in [0.5, 0.6) is 0 Å². The van der Waals surface area contributed by atoms with Crippen molar-refractivity contribution in [1.82, 2.24) is 4.98 Å². The van der Waals surface area contributed by atoms with Crippen LogP contribution in [0.1, 0.15) is 12.8 Å². The van der Waals surface area contributed by atoms with Gasteiger partial charge in [-0.25, -0.2) is 0 Å². The number of carboxylic acid groups (broad SMARTS) is 1. The second kappa shape index (κ2) is 9.71. The number of hydrogen-bond acceptors (Lipinski definition) is 5. The van der Waals surface area contributed by atoms with Crippen LogP contribution in [-0.2, 0) is 4.79 Å². The SMILES string of the molecule is NCC(O)CCC(N)C(=O)O.c1ccncc1. The summed E-state index contributed by atoms with van der Waals surface area (Å²) in [4.78, 5) is 13.9. The minimum Gasteiger partial charge on any atom is -0.480 e. The monoisotopic (exact) mass is 241 g/mol. The summed E-state index contributed by atoms with van der Waals surface area (Å²) in [5.41, 5.74) is 10.3. The van der Waals surface area contributed by atoms with Crippen LogP contribution in [0.15, 0.2) is 30.6 Å². The Kier molecular flexibility index (Phi) is 8.85.